The monoisotopic (exact) mass is 360 g/mol. The van der Waals surface area contributed by atoms with E-state index in [4.69, 9.17) is 0 Å². The molecule has 0 radical (unpaired) electrons. The number of aromatic nitrogens is 1. The zero-order valence-corrected chi connectivity index (χ0v) is 9.70. The first-order valence-corrected chi connectivity index (χ1v) is 4.67. The molecular weight excluding hydrogens is 354 g/mol. The zero-order chi connectivity index (χ0) is 7.56. The van der Waals surface area contributed by atoms with Crippen molar-refractivity contribution in [1.29, 1.82) is 0 Å². The molecule has 10 heavy (non-hydrogen) atoms. The van der Waals surface area contributed by atoms with E-state index in [0.29, 0.717) is 0 Å². The van der Waals surface area contributed by atoms with Gasteiger partial charge >= 0.3 is 0 Å². The van der Waals surface area contributed by atoms with Crippen LogP contribution in [0.25, 0.3) is 0 Å². The molecule has 0 unspecified atom stereocenters. The van der Waals surface area contributed by atoms with Crippen LogP contribution >= 0.6 is 45.7 Å². The lowest BCUT2D eigenvalue weighted by atomic mass is 10.3. The summed E-state index contributed by atoms with van der Waals surface area (Å²) in [5.41, 5.74) is 2.23. The molecular formula is C6H6I2N2. The minimum absolute atomic E-state index is 0.979. The Morgan fingerprint density at radius 1 is 1.50 bits per heavy atom. The highest BCUT2D eigenvalue weighted by Gasteiger charge is 1.87. The summed E-state index contributed by atoms with van der Waals surface area (Å²) in [6.07, 6.45) is 2.04. The standard InChI is InChI=1S/C6H6I2N2/c1-5-2-3-6(9-7)10(8)4-5/h2-4H,1H3/b9-6-. The van der Waals surface area contributed by atoms with Crippen LogP contribution in [0.3, 0.4) is 0 Å². The summed E-state index contributed by atoms with van der Waals surface area (Å²) in [7, 11) is 0. The van der Waals surface area contributed by atoms with E-state index in [1.165, 1.54) is 5.56 Å². The van der Waals surface area contributed by atoms with Crippen LogP contribution in [0.15, 0.2) is 21.5 Å². The predicted octanol–water partition coefficient (Wildman–Crippen LogP) is 2.25. The topological polar surface area (TPSA) is 17.3 Å². The molecule has 0 amide bonds. The van der Waals surface area contributed by atoms with Gasteiger partial charge < -0.3 is 0 Å². The van der Waals surface area contributed by atoms with Crippen LogP contribution < -0.4 is 5.49 Å². The van der Waals surface area contributed by atoms with Gasteiger partial charge in [0.05, 0.1) is 45.7 Å². The van der Waals surface area contributed by atoms with E-state index in [0.717, 1.165) is 5.49 Å². The Morgan fingerprint density at radius 3 is 2.70 bits per heavy atom. The first-order chi connectivity index (χ1) is 4.74. The Kier molecular flexibility index (Phi) is 3.15. The van der Waals surface area contributed by atoms with Gasteiger partial charge in [-0.05, 0) is 18.6 Å². The van der Waals surface area contributed by atoms with Gasteiger partial charge in [-0.3, -0.25) is 2.78 Å². The summed E-state index contributed by atoms with van der Waals surface area (Å²) in [4.78, 5) is 0. The number of pyridine rings is 1. The van der Waals surface area contributed by atoms with Crippen molar-refractivity contribution in [1.82, 2.24) is 2.78 Å². The summed E-state index contributed by atoms with van der Waals surface area (Å²) in [5, 5.41) is 0. The molecule has 0 saturated carbocycles. The lowest BCUT2D eigenvalue weighted by Gasteiger charge is -1.95. The number of hydrogen-bond acceptors (Lipinski definition) is 1. The third-order valence-electron chi connectivity index (χ3n) is 1.12. The molecule has 0 spiro atoms. The van der Waals surface area contributed by atoms with E-state index in [-0.39, 0.29) is 0 Å². The van der Waals surface area contributed by atoms with Crippen LogP contribution in [0.1, 0.15) is 5.56 Å². The lowest BCUT2D eigenvalue weighted by Crippen LogP contribution is -2.10. The van der Waals surface area contributed by atoms with Gasteiger partial charge in [0, 0.05) is 6.20 Å². The quantitative estimate of drug-likeness (QED) is 0.632. The molecule has 1 heterocycles. The van der Waals surface area contributed by atoms with Crippen molar-refractivity contribution in [2.75, 3.05) is 0 Å². The summed E-state index contributed by atoms with van der Waals surface area (Å²) in [5.74, 6) is 0. The molecule has 1 rings (SSSR count). The minimum Gasteiger partial charge on any atom is -0.273 e. The van der Waals surface area contributed by atoms with Crippen LogP contribution in [0, 0.1) is 6.92 Å². The highest BCUT2D eigenvalue weighted by molar-refractivity contribution is 14.1. The van der Waals surface area contributed by atoms with E-state index in [9.17, 15) is 0 Å². The summed E-state index contributed by atoms with van der Waals surface area (Å²) in [6.45, 7) is 2.06. The number of nitrogens with zero attached hydrogens (tertiary/aromatic N) is 2. The molecule has 0 bridgehead atoms. The fourth-order valence-corrected chi connectivity index (χ4v) is 2.14. The Balaban J connectivity index is 3.34. The molecule has 0 N–H and O–H groups in total. The Hall–Kier alpha value is 0.410. The average molecular weight is 360 g/mol. The number of hydrogen-bond donors (Lipinski definition) is 0. The predicted molar refractivity (Wildman–Crippen MR) is 58.2 cm³/mol. The second-order valence-corrected chi connectivity index (χ2v) is 3.48. The molecule has 4 heteroatoms. The van der Waals surface area contributed by atoms with Gasteiger partial charge in [-0.1, -0.05) is 6.07 Å². The summed E-state index contributed by atoms with van der Waals surface area (Å²) < 4.78 is 6.01. The smallest absolute Gasteiger partial charge is 0.147 e. The second kappa shape index (κ2) is 3.70. The molecule has 0 aliphatic carbocycles. The van der Waals surface area contributed by atoms with Crippen molar-refractivity contribution in [2.24, 2.45) is 3.21 Å². The molecule has 1 aromatic rings. The van der Waals surface area contributed by atoms with Crippen LogP contribution in [0.2, 0.25) is 0 Å². The molecule has 0 atom stereocenters. The van der Waals surface area contributed by atoms with Gasteiger partial charge in [-0.15, -0.1) is 0 Å². The van der Waals surface area contributed by atoms with E-state index >= 15 is 0 Å². The number of rotatable bonds is 0. The maximum absolute atomic E-state index is 4.04. The molecule has 0 aliphatic heterocycles. The Morgan fingerprint density at radius 2 is 2.20 bits per heavy atom. The normalized spacial score (nSPS) is 12.1. The minimum atomic E-state index is 0.979. The Labute approximate surface area is 87.4 Å². The third-order valence-corrected chi connectivity index (χ3v) is 2.38. The van der Waals surface area contributed by atoms with E-state index < -0.39 is 0 Å². The molecule has 54 valence electrons. The van der Waals surface area contributed by atoms with Crippen molar-refractivity contribution < 1.29 is 0 Å². The van der Waals surface area contributed by atoms with Gasteiger partial charge in [0.25, 0.3) is 0 Å². The van der Waals surface area contributed by atoms with Gasteiger partial charge in [-0.25, -0.2) is 0 Å². The lowest BCUT2D eigenvalue weighted by molar-refractivity contribution is 1.13. The zero-order valence-electron chi connectivity index (χ0n) is 5.38. The van der Waals surface area contributed by atoms with Crippen LogP contribution in [-0.4, -0.2) is 2.78 Å². The van der Waals surface area contributed by atoms with Crippen molar-refractivity contribution in [3.05, 3.63) is 29.4 Å². The second-order valence-electron chi connectivity index (χ2n) is 1.96. The highest BCUT2D eigenvalue weighted by atomic mass is 127. The van der Waals surface area contributed by atoms with E-state index in [1.807, 2.05) is 44.0 Å². The SMILES string of the molecule is Cc1cc/c(=N/I)n(I)c1. The Bertz CT molecular complexity index is 290. The van der Waals surface area contributed by atoms with Crippen molar-refractivity contribution in [3.63, 3.8) is 0 Å². The number of halogens is 2. The van der Waals surface area contributed by atoms with Crippen molar-refractivity contribution in [3.8, 4) is 0 Å². The molecule has 0 aliphatic rings. The van der Waals surface area contributed by atoms with E-state index in [2.05, 4.69) is 33.0 Å². The maximum atomic E-state index is 4.04. The summed E-state index contributed by atoms with van der Waals surface area (Å²) >= 11 is 4.19. The fraction of sp³-hybridized carbons (Fsp3) is 0.167. The molecule has 1 aromatic heterocycles. The van der Waals surface area contributed by atoms with Crippen LogP contribution in [0.4, 0.5) is 0 Å². The molecule has 0 aromatic carbocycles. The van der Waals surface area contributed by atoms with Crippen LogP contribution in [-0.2, 0) is 0 Å². The van der Waals surface area contributed by atoms with Gasteiger partial charge in [0.2, 0.25) is 0 Å². The van der Waals surface area contributed by atoms with E-state index in [1.54, 1.807) is 0 Å². The first kappa shape index (κ1) is 8.51. The third kappa shape index (κ3) is 1.94. The fourth-order valence-electron chi connectivity index (χ4n) is 0.629. The highest BCUT2D eigenvalue weighted by Crippen LogP contribution is 1.95. The summed E-state index contributed by atoms with van der Waals surface area (Å²) in [6, 6.07) is 4.04. The molecule has 0 fully saturated rings. The average Bonchev–Trinajstić information content (AvgIpc) is 1.88. The van der Waals surface area contributed by atoms with Gasteiger partial charge in [0.15, 0.2) is 0 Å². The van der Waals surface area contributed by atoms with Gasteiger partial charge in [0.1, 0.15) is 5.49 Å². The number of aryl methyl sites for hydroxylation is 1. The van der Waals surface area contributed by atoms with Crippen LogP contribution in [0.5, 0.6) is 0 Å². The van der Waals surface area contributed by atoms with Gasteiger partial charge in [-0.2, -0.15) is 3.21 Å². The van der Waals surface area contributed by atoms with Crippen molar-refractivity contribution in [2.45, 2.75) is 6.92 Å². The first-order valence-electron chi connectivity index (χ1n) is 2.74. The maximum Gasteiger partial charge on any atom is 0.147 e. The largest absolute Gasteiger partial charge is 0.273 e. The van der Waals surface area contributed by atoms with Crippen molar-refractivity contribution >= 4 is 45.7 Å². The molecule has 0 saturated heterocycles. The molecule has 2 nitrogen and oxygen atoms in total.